The molecule has 1 aromatic heterocycles. The van der Waals surface area contributed by atoms with Crippen LogP contribution in [-0.4, -0.2) is 10.9 Å². The maximum atomic E-state index is 11.0. The average Bonchev–Trinajstić information content (AvgIpc) is 2.90. The second-order valence-electron chi connectivity index (χ2n) is 5.48. The van der Waals surface area contributed by atoms with Crippen LogP contribution in [0.1, 0.15) is 15.9 Å². The SMILES string of the molecule is O=Cc1cccc(Cn2c3ccccc3c3ccccc32)c1. The molecule has 106 valence electrons. The van der Waals surface area contributed by atoms with Gasteiger partial charge in [-0.3, -0.25) is 4.79 Å². The van der Waals surface area contributed by atoms with Crippen molar-refractivity contribution in [3.8, 4) is 0 Å². The molecule has 4 rings (SSSR count). The van der Waals surface area contributed by atoms with Crippen molar-refractivity contribution in [1.82, 2.24) is 4.57 Å². The Morgan fingerprint density at radius 2 is 1.41 bits per heavy atom. The van der Waals surface area contributed by atoms with Crippen LogP contribution in [0.15, 0.2) is 72.8 Å². The molecule has 0 aliphatic heterocycles. The fourth-order valence-corrected chi connectivity index (χ4v) is 3.12. The Balaban J connectivity index is 1.94. The molecule has 0 saturated heterocycles. The van der Waals surface area contributed by atoms with Gasteiger partial charge in [-0.2, -0.15) is 0 Å². The van der Waals surface area contributed by atoms with Gasteiger partial charge in [-0.15, -0.1) is 0 Å². The lowest BCUT2D eigenvalue weighted by Gasteiger charge is -2.08. The van der Waals surface area contributed by atoms with Gasteiger partial charge in [-0.25, -0.2) is 0 Å². The summed E-state index contributed by atoms with van der Waals surface area (Å²) in [4.78, 5) is 11.0. The van der Waals surface area contributed by atoms with Crippen LogP contribution in [0, 0.1) is 0 Å². The van der Waals surface area contributed by atoms with Gasteiger partial charge in [0.2, 0.25) is 0 Å². The first-order valence-corrected chi connectivity index (χ1v) is 7.37. The Morgan fingerprint density at radius 1 is 0.773 bits per heavy atom. The van der Waals surface area contributed by atoms with E-state index in [2.05, 4.69) is 59.2 Å². The van der Waals surface area contributed by atoms with Crippen molar-refractivity contribution in [3.63, 3.8) is 0 Å². The van der Waals surface area contributed by atoms with Gasteiger partial charge in [0, 0.05) is 33.9 Å². The summed E-state index contributed by atoms with van der Waals surface area (Å²) in [5.74, 6) is 0. The van der Waals surface area contributed by atoms with E-state index in [9.17, 15) is 4.79 Å². The highest BCUT2D eigenvalue weighted by molar-refractivity contribution is 6.08. The van der Waals surface area contributed by atoms with Gasteiger partial charge in [-0.1, -0.05) is 54.6 Å². The Kier molecular flexibility index (Phi) is 3.01. The van der Waals surface area contributed by atoms with E-state index in [0.717, 1.165) is 24.0 Å². The molecular formula is C20H15NO. The van der Waals surface area contributed by atoms with Crippen LogP contribution in [0.4, 0.5) is 0 Å². The molecule has 0 saturated carbocycles. The van der Waals surface area contributed by atoms with E-state index >= 15 is 0 Å². The standard InChI is InChI=1S/C20H15NO/c22-14-16-7-5-6-15(12-16)13-21-19-10-3-1-8-17(19)18-9-2-4-11-20(18)21/h1-12,14H,13H2. The number of benzene rings is 3. The van der Waals surface area contributed by atoms with Crippen molar-refractivity contribution < 1.29 is 4.79 Å². The lowest BCUT2D eigenvalue weighted by molar-refractivity contribution is 0.112. The van der Waals surface area contributed by atoms with Crippen molar-refractivity contribution in [1.29, 1.82) is 0 Å². The van der Waals surface area contributed by atoms with Crippen molar-refractivity contribution in [3.05, 3.63) is 83.9 Å². The van der Waals surface area contributed by atoms with Crippen LogP contribution in [0.25, 0.3) is 21.8 Å². The van der Waals surface area contributed by atoms with Gasteiger partial charge >= 0.3 is 0 Å². The third-order valence-corrected chi connectivity index (χ3v) is 4.11. The van der Waals surface area contributed by atoms with E-state index in [0.29, 0.717) is 0 Å². The van der Waals surface area contributed by atoms with Crippen LogP contribution < -0.4 is 0 Å². The van der Waals surface area contributed by atoms with Crippen molar-refractivity contribution >= 4 is 28.1 Å². The van der Waals surface area contributed by atoms with Gasteiger partial charge in [0.25, 0.3) is 0 Å². The summed E-state index contributed by atoms with van der Waals surface area (Å²) in [5.41, 5.74) is 4.30. The van der Waals surface area contributed by atoms with Gasteiger partial charge in [-0.05, 0) is 23.8 Å². The van der Waals surface area contributed by atoms with E-state index in [1.54, 1.807) is 0 Å². The Bertz CT molecular complexity index is 928. The molecule has 2 heteroatoms. The molecule has 22 heavy (non-hydrogen) atoms. The number of aromatic nitrogens is 1. The van der Waals surface area contributed by atoms with Crippen LogP contribution in [-0.2, 0) is 6.54 Å². The highest BCUT2D eigenvalue weighted by Gasteiger charge is 2.09. The minimum absolute atomic E-state index is 0.721. The number of fused-ring (bicyclic) bond motifs is 3. The molecule has 0 unspecified atom stereocenters. The predicted molar refractivity (Wildman–Crippen MR) is 90.4 cm³/mol. The molecule has 1 heterocycles. The van der Waals surface area contributed by atoms with E-state index in [1.165, 1.54) is 21.8 Å². The van der Waals surface area contributed by atoms with E-state index in [1.807, 2.05) is 18.2 Å². The second-order valence-corrected chi connectivity index (χ2v) is 5.48. The van der Waals surface area contributed by atoms with Gasteiger partial charge < -0.3 is 4.57 Å². The molecule has 2 nitrogen and oxygen atoms in total. The zero-order chi connectivity index (χ0) is 14.9. The van der Waals surface area contributed by atoms with Crippen LogP contribution >= 0.6 is 0 Å². The zero-order valence-corrected chi connectivity index (χ0v) is 12.1. The molecule has 0 fully saturated rings. The van der Waals surface area contributed by atoms with Crippen LogP contribution in [0.2, 0.25) is 0 Å². The van der Waals surface area contributed by atoms with Gasteiger partial charge in [0.05, 0.1) is 0 Å². The smallest absolute Gasteiger partial charge is 0.150 e. The monoisotopic (exact) mass is 285 g/mol. The number of carbonyl (C=O) groups excluding carboxylic acids is 1. The summed E-state index contributed by atoms with van der Waals surface area (Å²) in [7, 11) is 0. The molecule has 0 aliphatic rings. The molecule has 3 aromatic carbocycles. The average molecular weight is 285 g/mol. The number of rotatable bonds is 3. The van der Waals surface area contributed by atoms with Crippen molar-refractivity contribution in [2.45, 2.75) is 6.54 Å². The summed E-state index contributed by atoms with van der Waals surface area (Å²) >= 11 is 0. The molecule has 0 amide bonds. The first-order valence-electron chi connectivity index (χ1n) is 7.37. The summed E-state index contributed by atoms with van der Waals surface area (Å²) in [6.07, 6.45) is 0.898. The molecule has 0 N–H and O–H groups in total. The normalized spacial score (nSPS) is 11.1. The fourth-order valence-electron chi connectivity index (χ4n) is 3.12. The van der Waals surface area contributed by atoms with E-state index < -0.39 is 0 Å². The quantitative estimate of drug-likeness (QED) is 0.502. The number of nitrogens with zero attached hydrogens (tertiary/aromatic N) is 1. The second kappa shape index (κ2) is 5.15. The number of aldehydes is 1. The summed E-state index contributed by atoms with van der Waals surface area (Å²) in [6.45, 7) is 0.760. The Hall–Kier alpha value is -2.87. The third kappa shape index (κ3) is 2.01. The first kappa shape index (κ1) is 12.8. The van der Waals surface area contributed by atoms with Gasteiger partial charge in [0.1, 0.15) is 6.29 Å². The van der Waals surface area contributed by atoms with Crippen molar-refractivity contribution in [2.75, 3.05) is 0 Å². The van der Waals surface area contributed by atoms with E-state index in [-0.39, 0.29) is 0 Å². The summed E-state index contributed by atoms with van der Waals surface area (Å²) in [6, 6.07) is 24.7. The molecule has 0 radical (unpaired) electrons. The maximum Gasteiger partial charge on any atom is 0.150 e. The summed E-state index contributed by atoms with van der Waals surface area (Å²) in [5, 5.41) is 2.54. The van der Waals surface area contributed by atoms with E-state index in [4.69, 9.17) is 0 Å². The molecule has 4 aromatic rings. The topological polar surface area (TPSA) is 22.0 Å². The number of hydrogen-bond donors (Lipinski definition) is 0. The van der Waals surface area contributed by atoms with Gasteiger partial charge in [0.15, 0.2) is 0 Å². The highest BCUT2D eigenvalue weighted by atomic mass is 16.1. The number of para-hydroxylation sites is 2. The molecule has 0 bridgehead atoms. The van der Waals surface area contributed by atoms with Crippen LogP contribution in [0.3, 0.4) is 0 Å². The molecule has 0 aliphatic carbocycles. The highest BCUT2D eigenvalue weighted by Crippen LogP contribution is 2.29. The fraction of sp³-hybridized carbons (Fsp3) is 0.0500. The zero-order valence-electron chi connectivity index (χ0n) is 12.1. The largest absolute Gasteiger partial charge is 0.336 e. The third-order valence-electron chi connectivity index (χ3n) is 4.11. The lowest BCUT2D eigenvalue weighted by Crippen LogP contribution is -1.99. The van der Waals surface area contributed by atoms with Crippen molar-refractivity contribution in [2.24, 2.45) is 0 Å². The maximum absolute atomic E-state index is 11.0. The minimum Gasteiger partial charge on any atom is -0.336 e. The Morgan fingerprint density at radius 3 is 2.05 bits per heavy atom. The molecular weight excluding hydrogens is 270 g/mol. The minimum atomic E-state index is 0.721. The molecule has 0 spiro atoms. The Labute approximate surface area is 128 Å². The first-order chi connectivity index (χ1) is 10.9. The lowest BCUT2D eigenvalue weighted by atomic mass is 10.1. The van der Waals surface area contributed by atoms with Crippen LogP contribution in [0.5, 0.6) is 0 Å². The number of hydrogen-bond acceptors (Lipinski definition) is 1. The molecule has 0 atom stereocenters. The predicted octanol–water partition coefficient (Wildman–Crippen LogP) is 4.66. The number of carbonyl (C=O) groups is 1. The summed E-state index contributed by atoms with van der Waals surface area (Å²) < 4.78 is 2.31.